The van der Waals surface area contributed by atoms with Crippen molar-refractivity contribution in [1.82, 2.24) is 20.2 Å². The number of hydrogen-bond donors (Lipinski definition) is 1. The van der Waals surface area contributed by atoms with Crippen molar-refractivity contribution >= 4 is 5.91 Å². The lowest BCUT2D eigenvalue weighted by Crippen LogP contribution is -2.34. The first kappa shape index (κ1) is 12.0. The number of nitrogens with one attached hydrogen (secondary N) is 1. The van der Waals surface area contributed by atoms with Gasteiger partial charge in [0.15, 0.2) is 0 Å². The van der Waals surface area contributed by atoms with Gasteiger partial charge in [-0.05, 0) is 32.9 Å². The molecule has 0 spiro atoms. The maximum atomic E-state index is 12.3. The number of hydrogen-bond acceptors (Lipinski definition) is 4. The van der Waals surface area contributed by atoms with Crippen LogP contribution in [0.25, 0.3) is 0 Å². The van der Waals surface area contributed by atoms with Gasteiger partial charge in [-0.15, -0.1) is 0 Å². The molecule has 0 aromatic carbocycles. The normalized spacial score (nSPS) is 16.7. The highest BCUT2D eigenvalue weighted by atomic mass is 16.2. The fourth-order valence-electron chi connectivity index (χ4n) is 2.04. The van der Waals surface area contributed by atoms with E-state index < -0.39 is 0 Å². The fraction of sp³-hybridized carbons (Fsp3) is 0.583. The summed E-state index contributed by atoms with van der Waals surface area (Å²) in [6.07, 6.45) is 0.995. The predicted molar refractivity (Wildman–Crippen MR) is 64.9 cm³/mol. The third-order valence-electron chi connectivity index (χ3n) is 2.81. The number of nitrogens with zero attached hydrogens (tertiary/aromatic N) is 3. The van der Waals surface area contributed by atoms with Gasteiger partial charge in [-0.2, -0.15) is 0 Å². The highest BCUT2D eigenvalue weighted by Crippen LogP contribution is 2.06. The molecule has 5 nitrogen and oxygen atoms in total. The predicted octanol–water partition coefficient (Wildman–Crippen LogP) is 0.529. The Morgan fingerprint density at radius 1 is 1.29 bits per heavy atom. The minimum atomic E-state index is 0.0160. The van der Waals surface area contributed by atoms with E-state index >= 15 is 0 Å². The molecular formula is C12H18N4O. The summed E-state index contributed by atoms with van der Waals surface area (Å²) in [5.74, 6) is 0.670. The summed E-state index contributed by atoms with van der Waals surface area (Å²) in [6.45, 7) is 7.08. The van der Waals surface area contributed by atoms with Gasteiger partial charge >= 0.3 is 0 Å². The fourth-order valence-corrected chi connectivity index (χ4v) is 2.04. The molecule has 92 valence electrons. The second kappa shape index (κ2) is 5.23. The molecule has 1 N–H and O–H groups in total. The molecule has 1 fully saturated rings. The van der Waals surface area contributed by atoms with Crippen molar-refractivity contribution in [3.05, 3.63) is 23.3 Å². The van der Waals surface area contributed by atoms with Crippen molar-refractivity contribution in [3.8, 4) is 0 Å². The van der Waals surface area contributed by atoms with Gasteiger partial charge in [-0.1, -0.05) is 0 Å². The van der Waals surface area contributed by atoms with Gasteiger partial charge in [-0.25, -0.2) is 9.97 Å². The maximum Gasteiger partial charge on any atom is 0.272 e. The first-order chi connectivity index (χ1) is 8.16. The number of rotatable bonds is 1. The van der Waals surface area contributed by atoms with E-state index in [9.17, 15) is 4.79 Å². The van der Waals surface area contributed by atoms with Crippen molar-refractivity contribution in [2.45, 2.75) is 20.3 Å². The zero-order valence-electron chi connectivity index (χ0n) is 10.4. The maximum absolute atomic E-state index is 12.3. The molecule has 1 amide bonds. The second-order valence-electron chi connectivity index (χ2n) is 4.34. The van der Waals surface area contributed by atoms with E-state index in [1.54, 1.807) is 6.07 Å². The summed E-state index contributed by atoms with van der Waals surface area (Å²) in [4.78, 5) is 22.5. The average Bonchev–Trinajstić information content (AvgIpc) is 2.55. The number of carbonyl (C=O) groups is 1. The average molecular weight is 234 g/mol. The van der Waals surface area contributed by atoms with Gasteiger partial charge in [0.1, 0.15) is 11.5 Å². The third-order valence-corrected chi connectivity index (χ3v) is 2.81. The van der Waals surface area contributed by atoms with Crippen LogP contribution in [0.4, 0.5) is 0 Å². The molecule has 1 aliphatic heterocycles. The Balaban J connectivity index is 2.17. The highest BCUT2D eigenvalue weighted by Gasteiger charge is 2.18. The molecule has 0 atom stereocenters. The van der Waals surface area contributed by atoms with Crippen LogP contribution in [0.3, 0.4) is 0 Å². The summed E-state index contributed by atoms with van der Waals surface area (Å²) >= 11 is 0. The summed E-state index contributed by atoms with van der Waals surface area (Å²) in [6, 6.07) is 1.76. The zero-order chi connectivity index (χ0) is 12.3. The van der Waals surface area contributed by atoms with Gasteiger partial charge in [0.05, 0.1) is 0 Å². The van der Waals surface area contributed by atoms with E-state index in [1.165, 1.54) is 0 Å². The highest BCUT2D eigenvalue weighted by molar-refractivity contribution is 5.92. The largest absolute Gasteiger partial charge is 0.336 e. The quantitative estimate of drug-likeness (QED) is 0.770. The molecule has 0 aliphatic carbocycles. The molecule has 2 rings (SSSR count). The molecule has 2 heterocycles. The number of aromatic nitrogens is 2. The van der Waals surface area contributed by atoms with E-state index in [2.05, 4.69) is 15.3 Å². The van der Waals surface area contributed by atoms with Crippen molar-refractivity contribution in [1.29, 1.82) is 0 Å². The SMILES string of the molecule is Cc1cc(C(=O)N2CCCNCC2)nc(C)n1. The van der Waals surface area contributed by atoms with Crippen molar-refractivity contribution in [2.24, 2.45) is 0 Å². The van der Waals surface area contributed by atoms with Gasteiger partial charge in [-0.3, -0.25) is 4.79 Å². The van der Waals surface area contributed by atoms with E-state index in [0.29, 0.717) is 11.5 Å². The Morgan fingerprint density at radius 2 is 2.12 bits per heavy atom. The minimum absolute atomic E-state index is 0.0160. The van der Waals surface area contributed by atoms with E-state index in [0.717, 1.165) is 38.3 Å². The molecule has 5 heteroatoms. The lowest BCUT2D eigenvalue weighted by molar-refractivity contribution is 0.0760. The molecular weight excluding hydrogens is 216 g/mol. The van der Waals surface area contributed by atoms with Gasteiger partial charge in [0, 0.05) is 25.3 Å². The van der Waals surface area contributed by atoms with Crippen molar-refractivity contribution in [3.63, 3.8) is 0 Å². The Kier molecular flexibility index (Phi) is 3.68. The third kappa shape index (κ3) is 3.00. The summed E-state index contributed by atoms with van der Waals surface area (Å²) in [5, 5.41) is 3.28. The summed E-state index contributed by atoms with van der Waals surface area (Å²) in [5.41, 5.74) is 1.35. The van der Waals surface area contributed by atoms with Crippen molar-refractivity contribution < 1.29 is 4.79 Å². The topological polar surface area (TPSA) is 58.1 Å². The van der Waals surface area contributed by atoms with E-state index in [4.69, 9.17) is 0 Å². The Hall–Kier alpha value is -1.49. The van der Waals surface area contributed by atoms with Crippen LogP contribution in [0.1, 0.15) is 28.4 Å². The molecule has 1 saturated heterocycles. The smallest absolute Gasteiger partial charge is 0.272 e. The van der Waals surface area contributed by atoms with Crippen LogP contribution in [0, 0.1) is 13.8 Å². The van der Waals surface area contributed by atoms with Gasteiger partial charge in [0.25, 0.3) is 5.91 Å². The number of carbonyl (C=O) groups excluding carboxylic acids is 1. The van der Waals surface area contributed by atoms with Crippen LogP contribution in [-0.2, 0) is 0 Å². The molecule has 1 aliphatic rings. The van der Waals surface area contributed by atoms with Crippen LogP contribution >= 0.6 is 0 Å². The molecule has 0 radical (unpaired) electrons. The monoisotopic (exact) mass is 234 g/mol. The lowest BCUT2D eigenvalue weighted by atomic mass is 10.2. The number of amides is 1. The van der Waals surface area contributed by atoms with Crippen LogP contribution in [-0.4, -0.2) is 47.0 Å². The Bertz CT molecular complexity index is 391. The number of aryl methyl sites for hydroxylation is 2. The van der Waals surface area contributed by atoms with E-state index in [1.807, 2.05) is 18.7 Å². The standard InChI is InChI=1S/C12H18N4O/c1-9-8-11(15-10(2)14-9)12(17)16-6-3-4-13-5-7-16/h8,13H,3-7H2,1-2H3. The minimum Gasteiger partial charge on any atom is -0.336 e. The molecule has 0 saturated carbocycles. The van der Waals surface area contributed by atoms with Crippen molar-refractivity contribution in [2.75, 3.05) is 26.2 Å². The molecule has 1 aromatic heterocycles. The zero-order valence-corrected chi connectivity index (χ0v) is 10.4. The van der Waals surface area contributed by atoms with Crippen LogP contribution < -0.4 is 5.32 Å². The second-order valence-corrected chi connectivity index (χ2v) is 4.34. The molecule has 0 bridgehead atoms. The Labute approximate surface area is 101 Å². The first-order valence-electron chi connectivity index (χ1n) is 5.99. The van der Waals surface area contributed by atoms with E-state index in [-0.39, 0.29) is 5.91 Å². The Morgan fingerprint density at radius 3 is 2.88 bits per heavy atom. The summed E-state index contributed by atoms with van der Waals surface area (Å²) in [7, 11) is 0. The van der Waals surface area contributed by atoms with Gasteiger partial charge in [0.2, 0.25) is 0 Å². The molecule has 17 heavy (non-hydrogen) atoms. The first-order valence-corrected chi connectivity index (χ1v) is 5.99. The van der Waals surface area contributed by atoms with Crippen LogP contribution in [0.5, 0.6) is 0 Å². The molecule has 1 aromatic rings. The van der Waals surface area contributed by atoms with Crippen LogP contribution in [0.15, 0.2) is 6.07 Å². The lowest BCUT2D eigenvalue weighted by Gasteiger charge is -2.19. The van der Waals surface area contributed by atoms with Gasteiger partial charge < -0.3 is 10.2 Å². The van der Waals surface area contributed by atoms with Crippen LogP contribution in [0.2, 0.25) is 0 Å². The molecule has 0 unspecified atom stereocenters. The summed E-state index contributed by atoms with van der Waals surface area (Å²) < 4.78 is 0.